The molecule has 0 spiro atoms. The van der Waals surface area contributed by atoms with Crippen molar-refractivity contribution in [1.29, 1.82) is 0 Å². The summed E-state index contributed by atoms with van der Waals surface area (Å²) >= 11 is 0. The van der Waals surface area contributed by atoms with Crippen LogP contribution in [0.5, 0.6) is 0 Å². The molecule has 0 saturated heterocycles. The van der Waals surface area contributed by atoms with Gasteiger partial charge in [-0.1, -0.05) is 91.0 Å². The molecular formula is C37H30N2. The summed E-state index contributed by atoms with van der Waals surface area (Å²) in [6, 6.07) is 31.2. The van der Waals surface area contributed by atoms with Crippen LogP contribution in [0.1, 0.15) is 28.8 Å². The van der Waals surface area contributed by atoms with Gasteiger partial charge in [-0.25, -0.2) is 0 Å². The highest BCUT2D eigenvalue weighted by Gasteiger charge is 2.22. The van der Waals surface area contributed by atoms with E-state index in [4.69, 9.17) is 0 Å². The normalized spacial score (nSPS) is 14.1. The van der Waals surface area contributed by atoms with Gasteiger partial charge in [-0.3, -0.25) is 4.98 Å². The third kappa shape index (κ3) is 4.19. The van der Waals surface area contributed by atoms with Gasteiger partial charge >= 0.3 is 0 Å². The predicted octanol–water partition coefficient (Wildman–Crippen LogP) is 9.00. The average Bonchev–Trinajstić information content (AvgIpc) is 3.00. The Bertz CT molecular complexity index is 1800. The van der Waals surface area contributed by atoms with E-state index in [2.05, 4.69) is 120 Å². The Morgan fingerprint density at radius 3 is 2.31 bits per heavy atom. The van der Waals surface area contributed by atoms with Gasteiger partial charge in [0.05, 0.1) is 0 Å². The summed E-state index contributed by atoms with van der Waals surface area (Å²) in [6.07, 6.45) is 15.1. The van der Waals surface area contributed by atoms with Crippen molar-refractivity contribution in [2.45, 2.75) is 19.8 Å². The molecule has 0 unspecified atom stereocenters. The van der Waals surface area contributed by atoms with E-state index in [1.807, 2.05) is 18.5 Å². The number of hydrogen-bond donors (Lipinski definition) is 1. The summed E-state index contributed by atoms with van der Waals surface area (Å²) in [5.74, 6) is 0. The molecule has 0 bridgehead atoms. The van der Waals surface area contributed by atoms with E-state index in [1.165, 1.54) is 66.4 Å². The van der Waals surface area contributed by atoms with Crippen LogP contribution in [-0.2, 0) is 6.42 Å². The highest BCUT2D eigenvalue weighted by Crippen LogP contribution is 2.45. The van der Waals surface area contributed by atoms with Crippen LogP contribution in [0.3, 0.4) is 0 Å². The number of nitrogens with zero attached hydrogens (tertiary/aromatic N) is 1. The molecule has 0 atom stereocenters. The number of pyridine rings is 1. The summed E-state index contributed by atoms with van der Waals surface area (Å²) in [7, 11) is 0. The number of fused-ring (bicyclic) bond motifs is 2. The van der Waals surface area contributed by atoms with Gasteiger partial charge in [0.1, 0.15) is 0 Å². The van der Waals surface area contributed by atoms with E-state index in [0.29, 0.717) is 0 Å². The number of allylic oxidation sites excluding steroid dienone is 3. The van der Waals surface area contributed by atoms with Gasteiger partial charge in [0.25, 0.3) is 0 Å². The maximum absolute atomic E-state index is 4.54. The van der Waals surface area contributed by atoms with Crippen molar-refractivity contribution < 1.29 is 0 Å². The van der Waals surface area contributed by atoms with Gasteiger partial charge in [0.15, 0.2) is 0 Å². The second kappa shape index (κ2) is 9.89. The molecule has 7 rings (SSSR count). The van der Waals surface area contributed by atoms with Gasteiger partial charge < -0.3 is 5.32 Å². The van der Waals surface area contributed by atoms with Gasteiger partial charge in [-0.15, -0.1) is 0 Å². The Morgan fingerprint density at radius 2 is 1.51 bits per heavy atom. The summed E-state index contributed by atoms with van der Waals surface area (Å²) in [6.45, 7) is 2.96. The maximum atomic E-state index is 4.54. The molecule has 0 saturated carbocycles. The van der Waals surface area contributed by atoms with Crippen LogP contribution in [0, 0.1) is 6.92 Å². The minimum atomic E-state index is 0.875. The summed E-state index contributed by atoms with van der Waals surface area (Å²) in [5.41, 5.74) is 14.0. The van der Waals surface area contributed by atoms with Crippen molar-refractivity contribution in [2.75, 3.05) is 6.54 Å². The van der Waals surface area contributed by atoms with Crippen molar-refractivity contribution in [3.8, 4) is 33.4 Å². The molecule has 4 aromatic carbocycles. The first-order chi connectivity index (χ1) is 19.3. The van der Waals surface area contributed by atoms with Crippen LogP contribution >= 0.6 is 0 Å². The third-order valence-electron chi connectivity index (χ3n) is 8.00. The predicted molar refractivity (Wildman–Crippen MR) is 165 cm³/mol. The fraction of sp³-hybridized carbons (Fsp3) is 0.108. The summed E-state index contributed by atoms with van der Waals surface area (Å²) < 4.78 is 0. The Kier molecular flexibility index (Phi) is 5.94. The number of hydrogen-bond acceptors (Lipinski definition) is 2. The van der Waals surface area contributed by atoms with Crippen LogP contribution in [0.2, 0.25) is 0 Å². The van der Waals surface area contributed by atoms with Gasteiger partial charge in [-0.05, 0) is 105 Å². The van der Waals surface area contributed by atoms with E-state index in [9.17, 15) is 0 Å². The highest BCUT2D eigenvalue weighted by molar-refractivity contribution is 6.10. The Labute approximate surface area is 230 Å². The highest BCUT2D eigenvalue weighted by atomic mass is 14.8. The molecule has 1 aliphatic heterocycles. The SMILES string of the molecule is Cc1ncccc1-c1cccc(-c2c3c(c(-c4ccc(C5=CCNC=C5)cc4)c4ccccc24)C=CCC3)c1. The zero-order valence-electron chi connectivity index (χ0n) is 22.1. The molecule has 188 valence electrons. The van der Waals surface area contributed by atoms with Crippen LogP contribution in [-0.4, -0.2) is 11.5 Å². The fourth-order valence-corrected chi connectivity index (χ4v) is 6.15. The second-order valence-corrected chi connectivity index (χ2v) is 10.3. The minimum Gasteiger partial charge on any atom is -0.387 e. The lowest BCUT2D eigenvalue weighted by Crippen LogP contribution is -2.08. The Hall–Kier alpha value is -4.69. The van der Waals surface area contributed by atoms with E-state index in [0.717, 1.165) is 25.1 Å². The number of benzene rings is 4. The van der Waals surface area contributed by atoms with Crippen molar-refractivity contribution in [3.63, 3.8) is 0 Å². The lowest BCUT2D eigenvalue weighted by Gasteiger charge is -2.24. The zero-order chi connectivity index (χ0) is 26.2. The monoisotopic (exact) mass is 502 g/mol. The lowest BCUT2D eigenvalue weighted by atomic mass is 9.80. The maximum Gasteiger partial charge on any atom is 0.0450 e. The first-order valence-electron chi connectivity index (χ1n) is 13.8. The molecule has 0 radical (unpaired) electrons. The van der Waals surface area contributed by atoms with E-state index in [-0.39, 0.29) is 0 Å². The smallest absolute Gasteiger partial charge is 0.0450 e. The summed E-state index contributed by atoms with van der Waals surface area (Å²) in [4.78, 5) is 4.54. The van der Waals surface area contributed by atoms with E-state index in [1.54, 1.807) is 0 Å². The first-order valence-corrected chi connectivity index (χ1v) is 13.8. The van der Waals surface area contributed by atoms with E-state index >= 15 is 0 Å². The fourth-order valence-electron chi connectivity index (χ4n) is 6.15. The number of aromatic nitrogens is 1. The van der Waals surface area contributed by atoms with Gasteiger partial charge in [-0.2, -0.15) is 0 Å². The molecule has 0 fully saturated rings. The quantitative estimate of drug-likeness (QED) is 0.265. The number of dihydropyridines is 1. The Balaban J connectivity index is 1.43. The lowest BCUT2D eigenvalue weighted by molar-refractivity contribution is 0.976. The standard InChI is InChI=1S/C37H30N2/c1-25-31(14-7-21-39-25)29-8-6-9-30(24-29)37-34-12-4-2-10-32(34)36(33-11-3-5-13-35(33)37)28-17-15-26(16-18-28)27-19-22-38-23-20-27/h2-4,6-12,14-22,24,38H,5,13,23H2,1H3. The van der Waals surface area contributed by atoms with Crippen molar-refractivity contribution in [3.05, 3.63) is 138 Å². The molecule has 2 heteroatoms. The number of rotatable bonds is 4. The molecule has 1 aromatic heterocycles. The molecule has 5 aromatic rings. The van der Waals surface area contributed by atoms with Crippen molar-refractivity contribution in [1.82, 2.24) is 10.3 Å². The minimum absolute atomic E-state index is 0.875. The molecule has 39 heavy (non-hydrogen) atoms. The van der Waals surface area contributed by atoms with Crippen LogP contribution in [0.4, 0.5) is 0 Å². The van der Waals surface area contributed by atoms with Gasteiger partial charge in [0.2, 0.25) is 0 Å². The van der Waals surface area contributed by atoms with Crippen LogP contribution < -0.4 is 5.32 Å². The first kappa shape index (κ1) is 23.4. The molecule has 0 amide bonds. The van der Waals surface area contributed by atoms with Crippen LogP contribution in [0.25, 0.3) is 55.8 Å². The number of nitrogens with one attached hydrogen (secondary N) is 1. The largest absolute Gasteiger partial charge is 0.387 e. The molecule has 1 N–H and O–H groups in total. The van der Waals surface area contributed by atoms with Crippen LogP contribution in [0.15, 0.2) is 116 Å². The topological polar surface area (TPSA) is 24.9 Å². The van der Waals surface area contributed by atoms with Gasteiger partial charge in [0, 0.05) is 24.0 Å². The summed E-state index contributed by atoms with van der Waals surface area (Å²) in [5, 5.41) is 5.86. The average molecular weight is 503 g/mol. The zero-order valence-corrected chi connectivity index (χ0v) is 22.1. The molecular weight excluding hydrogens is 472 g/mol. The molecule has 2 nitrogen and oxygen atoms in total. The van der Waals surface area contributed by atoms with Crippen molar-refractivity contribution >= 4 is 22.4 Å². The second-order valence-electron chi connectivity index (χ2n) is 10.3. The molecule has 2 heterocycles. The van der Waals surface area contributed by atoms with E-state index < -0.39 is 0 Å². The number of aryl methyl sites for hydroxylation is 1. The molecule has 2 aliphatic rings. The Morgan fingerprint density at radius 1 is 0.718 bits per heavy atom. The third-order valence-corrected chi connectivity index (χ3v) is 8.00. The molecule has 1 aliphatic carbocycles. The van der Waals surface area contributed by atoms with Crippen molar-refractivity contribution in [2.24, 2.45) is 0 Å².